The fraction of sp³-hybridized carbons (Fsp3) is 0.467. The van der Waals surface area contributed by atoms with E-state index in [1.807, 2.05) is 18.7 Å². The number of rotatable bonds is 4. The maximum atomic E-state index is 12.0. The van der Waals surface area contributed by atoms with Crippen LogP contribution in [-0.2, 0) is 9.59 Å². The quantitative estimate of drug-likeness (QED) is 0.716. The van der Waals surface area contributed by atoms with E-state index in [4.69, 9.17) is 5.73 Å². The summed E-state index contributed by atoms with van der Waals surface area (Å²) >= 11 is 0. The molecule has 1 aromatic carbocycles. The Morgan fingerprint density at radius 1 is 1.38 bits per heavy atom. The molecule has 2 rings (SSSR count). The zero-order valence-electron chi connectivity index (χ0n) is 12.5. The van der Waals surface area contributed by atoms with Crippen molar-refractivity contribution in [3.8, 4) is 0 Å². The number of benzene rings is 1. The van der Waals surface area contributed by atoms with Crippen molar-refractivity contribution in [1.29, 1.82) is 0 Å². The summed E-state index contributed by atoms with van der Waals surface area (Å²) in [5.41, 5.74) is 6.42. The van der Waals surface area contributed by atoms with E-state index in [1.165, 1.54) is 0 Å². The topological polar surface area (TPSA) is 87.5 Å². The molecule has 0 saturated carbocycles. The number of carbonyl (C=O) groups excluding carboxylic acids is 2. The lowest BCUT2D eigenvalue weighted by Crippen LogP contribution is -2.62. The lowest BCUT2D eigenvalue weighted by Gasteiger charge is -2.41. The third kappa shape index (κ3) is 3.72. The van der Waals surface area contributed by atoms with E-state index in [1.54, 1.807) is 24.3 Å². The molecule has 1 aliphatic heterocycles. The molecule has 0 radical (unpaired) electrons. The molecule has 4 N–H and O–H groups in total. The molecular formula is C15H22N4O2. The van der Waals surface area contributed by atoms with Crippen molar-refractivity contribution in [3.05, 3.63) is 24.3 Å². The average Bonchev–Trinajstić information content (AvgIpc) is 2.43. The van der Waals surface area contributed by atoms with Crippen LogP contribution in [0.5, 0.6) is 0 Å². The maximum Gasteiger partial charge on any atom is 0.239 e. The number of piperazine rings is 1. The molecular weight excluding hydrogens is 268 g/mol. The van der Waals surface area contributed by atoms with Crippen LogP contribution in [0.25, 0.3) is 0 Å². The van der Waals surface area contributed by atoms with Gasteiger partial charge in [-0.05, 0) is 38.1 Å². The summed E-state index contributed by atoms with van der Waals surface area (Å²) in [4.78, 5) is 25.8. The van der Waals surface area contributed by atoms with Crippen LogP contribution in [-0.4, -0.2) is 41.9 Å². The molecule has 6 heteroatoms. The van der Waals surface area contributed by atoms with Crippen LogP contribution < -0.4 is 16.4 Å². The fourth-order valence-electron chi connectivity index (χ4n) is 2.36. The van der Waals surface area contributed by atoms with Crippen molar-refractivity contribution >= 4 is 23.2 Å². The summed E-state index contributed by atoms with van der Waals surface area (Å²) < 4.78 is 0. The van der Waals surface area contributed by atoms with Crippen molar-refractivity contribution < 1.29 is 9.59 Å². The van der Waals surface area contributed by atoms with Gasteiger partial charge in [-0.1, -0.05) is 0 Å². The Hall–Kier alpha value is -2.08. The zero-order chi connectivity index (χ0) is 15.5. The summed E-state index contributed by atoms with van der Waals surface area (Å²) in [5, 5.41) is 5.67. The molecule has 6 nitrogen and oxygen atoms in total. The summed E-state index contributed by atoms with van der Waals surface area (Å²) in [6, 6.07) is 7.03. The monoisotopic (exact) mass is 290 g/mol. The predicted molar refractivity (Wildman–Crippen MR) is 82.8 cm³/mol. The number of hydrogen-bond donors (Lipinski definition) is 3. The molecule has 1 aliphatic rings. The van der Waals surface area contributed by atoms with Crippen LogP contribution in [0.1, 0.15) is 20.3 Å². The molecule has 1 saturated heterocycles. The summed E-state index contributed by atoms with van der Waals surface area (Å²) in [7, 11) is 0. The van der Waals surface area contributed by atoms with Gasteiger partial charge in [0.1, 0.15) is 0 Å². The molecule has 0 aliphatic carbocycles. The SMILES string of the molecule is CC1(C)C(=O)NCCN1CCC(=O)Nc1ccc(N)cc1. The Kier molecular flexibility index (Phi) is 4.47. The number of anilines is 2. The van der Waals surface area contributed by atoms with Crippen molar-refractivity contribution in [2.24, 2.45) is 0 Å². The molecule has 1 aromatic rings. The normalized spacial score (nSPS) is 18.1. The third-order valence-corrected chi connectivity index (χ3v) is 3.82. The number of hydrogen-bond acceptors (Lipinski definition) is 4. The Balaban J connectivity index is 1.86. The van der Waals surface area contributed by atoms with Crippen LogP contribution in [0.3, 0.4) is 0 Å². The third-order valence-electron chi connectivity index (χ3n) is 3.82. The largest absolute Gasteiger partial charge is 0.399 e. The smallest absolute Gasteiger partial charge is 0.239 e. The lowest BCUT2D eigenvalue weighted by atomic mass is 9.98. The molecule has 2 amide bonds. The first kappa shape index (κ1) is 15.3. The van der Waals surface area contributed by atoms with Gasteiger partial charge < -0.3 is 16.4 Å². The van der Waals surface area contributed by atoms with E-state index in [0.717, 1.165) is 12.2 Å². The Morgan fingerprint density at radius 2 is 2.05 bits per heavy atom. The van der Waals surface area contributed by atoms with Crippen LogP contribution in [0.2, 0.25) is 0 Å². The summed E-state index contributed by atoms with van der Waals surface area (Å²) in [5.74, 6) is -0.0609. The van der Waals surface area contributed by atoms with Crippen LogP contribution in [0.15, 0.2) is 24.3 Å². The number of nitrogens with zero attached hydrogens (tertiary/aromatic N) is 1. The maximum absolute atomic E-state index is 12.0. The summed E-state index contributed by atoms with van der Waals surface area (Å²) in [6.07, 6.45) is 0.348. The number of nitrogens with two attached hydrogens (primary N) is 1. The molecule has 21 heavy (non-hydrogen) atoms. The highest BCUT2D eigenvalue weighted by Gasteiger charge is 2.37. The first-order valence-corrected chi connectivity index (χ1v) is 7.08. The fourth-order valence-corrected chi connectivity index (χ4v) is 2.36. The average molecular weight is 290 g/mol. The minimum atomic E-state index is -0.570. The standard InChI is InChI=1S/C15H22N4O2/c1-15(2)14(21)17-8-10-19(15)9-7-13(20)18-12-5-3-11(16)4-6-12/h3-6H,7-10,16H2,1-2H3,(H,17,21)(H,18,20). The minimum Gasteiger partial charge on any atom is -0.399 e. The second kappa shape index (κ2) is 6.13. The Morgan fingerprint density at radius 3 is 2.71 bits per heavy atom. The molecule has 0 aromatic heterocycles. The highest BCUT2D eigenvalue weighted by Crippen LogP contribution is 2.18. The number of amides is 2. The van der Waals surface area contributed by atoms with E-state index >= 15 is 0 Å². The van der Waals surface area contributed by atoms with Gasteiger partial charge in [0.15, 0.2) is 0 Å². The first-order chi connectivity index (χ1) is 9.89. The molecule has 1 fully saturated rings. The second-order valence-corrected chi connectivity index (χ2v) is 5.72. The van der Waals surface area contributed by atoms with Crippen LogP contribution >= 0.6 is 0 Å². The number of nitrogens with one attached hydrogen (secondary N) is 2. The van der Waals surface area contributed by atoms with Crippen molar-refractivity contribution in [3.63, 3.8) is 0 Å². The minimum absolute atomic E-state index is 0.00712. The van der Waals surface area contributed by atoms with Crippen molar-refractivity contribution in [2.75, 3.05) is 30.7 Å². The molecule has 0 spiro atoms. The van der Waals surface area contributed by atoms with Gasteiger partial charge in [0.2, 0.25) is 11.8 Å². The van der Waals surface area contributed by atoms with Crippen molar-refractivity contribution in [1.82, 2.24) is 10.2 Å². The van der Waals surface area contributed by atoms with E-state index in [2.05, 4.69) is 10.6 Å². The molecule has 0 bridgehead atoms. The molecule has 1 heterocycles. The van der Waals surface area contributed by atoms with E-state index in [9.17, 15) is 9.59 Å². The lowest BCUT2D eigenvalue weighted by molar-refractivity contribution is -0.135. The number of carbonyl (C=O) groups is 2. The van der Waals surface area contributed by atoms with E-state index in [-0.39, 0.29) is 11.8 Å². The van der Waals surface area contributed by atoms with E-state index in [0.29, 0.717) is 25.2 Å². The van der Waals surface area contributed by atoms with Gasteiger partial charge in [0.05, 0.1) is 5.54 Å². The Bertz CT molecular complexity index is 525. The second-order valence-electron chi connectivity index (χ2n) is 5.72. The number of nitrogen functional groups attached to an aromatic ring is 1. The summed E-state index contributed by atoms with van der Waals surface area (Å²) in [6.45, 7) is 5.69. The van der Waals surface area contributed by atoms with Gasteiger partial charge in [-0.2, -0.15) is 0 Å². The van der Waals surface area contributed by atoms with Gasteiger partial charge in [0.25, 0.3) is 0 Å². The van der Waals surface area contributed by atoms with Gasteiger partial charge in [0, 0.05) is 37.4 Å². The highest BCUT2D eigenvalue weighted by atomic mass is 16.2. The van der Waals surface area contributed by atoms with Gasteiger partial charge >= 0.3 is 0 Å². The highest BCUT2D eigenvalue weighted by molar-refractivity contribution is 5.91. The molecule has 0 atom stereocenters. The van der Waals surface area contributed by atoms with Crippen molar-refractivity contribution in [2.45, 2.75) is 25.8 Å². The Labute approximate surface area is 124 Å². The molecule has 114 valence electrons. The van der Waals surface area contributed by atoms with Gasteiger partial charge in [-0.15, -0.1) is 0 Å². The van der Waals surface area contributed by atoms with Gasteiger partial charge in [-0.3, -0.25) is 14.5 Å². The predicted octanol–water partition coefficient (Wildman–Crippen LogP) is 0.808. The van der Waals surface area contributed by atoms with Gasteiger partial charge in [-0.25, -0.2) is 0 Å². The van der Waals surface area contributed by atoms with Crippen LogP contribution in [0.4, 0.5) is 11.4 Å². The zero-order valence-corrected chi connectivity index (χ0v) is 12.5. The van der Waals surface area contributed by atoms with E-state index < -0.39 is 5.54 Å². The molecule has 0 unspecified atom stereocenters. The van der Waals surface area contributed by atoms with Crippen LogP contribution in [0, 0.1) is 0 Å². The first-order valence-electron chi connectivity index (χ1n) is 7.08.